The van der Waals surface area contributed by atoms with Crippen molar-refractivity contribution < 1.29 is 9.59 Å². The highest BCUT2D eigenvalue weighted by molar-refractivity contribution is 6.00. The molecule has 7 heteroatoms. The number of aromatic nitrogens is 3. The lowest BCUT2D eigenvalue weighted by Gasteiger charge is -2.18. The second-order valence-corrected chi connectivity index (χ2v) is 7.85. The number of carbonyl (C=O) groups excluding carboxylic acids is 2. The first-order valence-corrected chi connectivity index (χ1v) is 10.1. The van der Waals surface area contributed by atoms with E-state index in [4.69, 9.17) is 0 Å². The predicted octanol–water partition coefficient (Wildman–Crippen LogP) is 3.06. The summed E-state index contributed by atoms with van der Waals surface area (Å²) in [6.45, 7) is 5.03. The van der Waals surface area contributed by atoms with Gasteiger partial charge in [-0.15, -0.1) is 0 Å². The van der Waals surface area contributed by atoms with Crippen LogP contribution >= 0.6 is 0 Å². The highest BCUT2D eigenvalue weighted by Crippen LogP contribution is 2.28. The van der Waals surface area contributed by atoms with Gasteiger partial charge in [0.25, 0.3) is 0 Å². The molecule has 1 N–H and O–H groups in total. The monoisotopic (exact) mass is 403 g/mol. The van der Waals surface area contributed by atoms with Gasteiger partial charge in [0.05, 0.1) is 5.92 Å². The normalized spacial score (nSPS) is 16.3. The molecule has 1 aliphatic rings. The molecule has 1 fully saturated rings. The lowest BCUT2D eigenvalue weighted by Crippen LogP contribution is -2.32. The summed E-state index contributed by atoms with van der Waals surface area (Å²) in [5.74, 6) is 0.602. The van der Waals surface area contributed by atoms with Gasteiger partial charge in [0.15, 0.2) is 5.82 Å². The Morgan fingerprint density at radius 2 is 2.07 bits per heavy atom. The zero-order valence-electron chi connectivity index (χ0n) is 17.2. The van der Waals surface area contributed by atoms with Crippen LogP contribution in [0.4, 0.5) is 5.69 Å². The molecule has 1 aliphatic heterocycles. The molecule has 0 saturated carbocycles. The van der Waals surface area contributed by atoms with Gasteiger partial charge >= 0.3 is 0 Å². The number of hydrogen-bond donors (Lipinski definition) is 1. The van der Waals surface area contributed by atoms with Gasteiger partial charge in [-0.05, 0) is 47.4 Å². The lowest BCUT2D eigenvalue weighted by atomic mass is 10.0. The summed E-state index contributed by atoms with van der Waals surface area (Å²) in [5.41, 5.74) is 2.97. The van der Waals surface area contributed by atoms with Crippen molar-refractivity contribution in [3.05, 3.63) is 72.2 Å². The minimum Gasteiger partial charge on any atom is -0.352 e. The van der Waals surface area contributed by atoms with Gasteiger partial charge < -0.3 is 10.2 Å². The Morgan fingerprint density at radius 3 is 2.83 bits per heavy atom. The van der Waals surface area contributed by atoms with Crippen molar-refractivity contribution >= 4 is 17.5 Å². The fourth-order valence-electron chi connectivity index (χ4n) is 3.62. The number of nitrogens with zero attached hydrogens (tertiary/aromatic N) is 4. The van der Waals surface area contributed by atoms with Crippen LogP contribution in [0.1, 0.15) is 37.3 Å². The van der Waals surface area contributed by atoms with Crippen molar-refractivity contribution in [3.8, 4) is 5.82 Å². The zero-order chi connectivity index (χ0) is 21.1. The molecule has 30 heavy (non-hydrogen) atoms. The molecule has 0 radical (unpaired) electrons. The molecular weight excluding hydrogens is 378 g/mol. The van der Waals surface area contributed by atoms with Gasteiger partial charge in [-0.2, -0.15) is 5.10 Å². The zero-order valence-corrected chi connectivity index (χ0v) is 17.2. The van der Waals surface area contributed by atoms with Gasteiger partial charge in [-0.3, -0.25) is 9.59 Å². The Labute approximate surface area is 175 Å². The second-order valence-electron chi connectivity index (χ2n) is 7.85. The van der Waals surface area contributed by atoms with Crippen LogP contribution in [-0.4, -0.2) is 33.1 Å². The van der Waals surface area contributed by atoms with Crippen molar-refractivity contribution in [3.63, 3.8) is 0 Å². The fraction of sp³-hybridized carbons (Fsp3) is 0.304. The predicted molar refractivity (Wildman–Crippen MR) is 114 cm³/mol. The van der Waals surface area contributed by atoms with Crippen LogP contribution in [0.2, 0.25) is 0 Å². The van der Waals surface area contributed by atoms with Crippen LogP contribution in [-0.2, 0) is 16.1 Å². The third kappa shape index (κ3) is 4.25. The van der Waals surface area contributed by atoms with Gasteiger partial charge in [-0.1, -0.05) is 26.0 Å². The number of carbonyl (C=O) groups is 2. The number of nitrogens with one attached hydrogen (secondary N) is 1. The van der Waals surface area contributed by atoms with E-state index in [0.717, 1.165) is 11.3 Å². The minimum atomic E-state index is -0.354. The Bertz CT molecular complexity index is 1050. The van der Waals surface area contributed by atoms with Crippen LogP contribution in [0.3, 0.4) is 0 Å². The summed E-state index contributed by atoms with van der Waals surface area (Å²) in [5, 5.41) is 7.13. The van der Waals surface area contributed by atoms with Crippen molar-refractivity contribution in [2.24, 2.45) is 5.92 Å². The first-order chi connectivity index (χ1) is 14.5. The molecular formula is C23H25N5O2. The van der Waals surface area contributed by atoms with Gasteiger partial charge in [0.1, 0.15) is 0 Å². The molecule has 3 aromatic rings. The number of pyridine rings is 1. The number of hydrogen-bond acceptors (Lipinski definition) is 4. The average molecular weight is 403 g/mol. The average Bonchev–Trinajstić information content (AvgIpc) is 3.42. The Kier molecular flexibility index (Phi) is 5.61. The number of amides is 2. The quantitative estimate of drug-likeness (QED) is 0.686. The molecule has 3 heterocycles. The summed E-state index contributed by atoms with van der Waals surface area (Å²) >= 11 is 0. The Morgan fingerprint density at radius 1 is 1.20 bits per heavy atom. The van der Waals surface area contributed by atoms with E-state index in [2.05, 4.69) is 35.3 Å². The van der Waals surface area contributed by atoms with Crippen LogP contribution in [0.25, 0.3) is 5.82 Å². The molecule has 154 valence electrons. The maximum Gasteiger partial charge on any atom is 0.227 e. The van der Waals surface area contributed by atoms with Crippen molar-refractivity contribution in [2.75, 3.05) is 11.4 Å². The standard InChI is InChI=1S/C23H25N5O2/c1-16(2)18-5-3-6-20(12-18)27-15-19(13-22(27)29)23(30)25-14-17-7-9-24-21(11-17)28-10-4-8-26-28/h3-12,16,19H,13-15H2,1-2H3,(H,25,30). The maximum absolute atomic E-state index is 12.7. The number of anilines is 1. The van der Waals surface area contributed by atoms with Crippen LogP contribution in [0, 0.1) is 5.92 Å². The van der Waals surface area contributed by atoms with E-state index in [1.807, 2.05) is 42.6 Å². The van der Waals surface area contributed by atoms with Gasteiger partial charge in [0.2, 0.25) is 11.8 Å². The Balaban J connectivity index is 1.39. The van der Waals surface area contributed by atoms with Crippen LogP contribution in [0.15, 0.2) is 61.1 Å². The summed E-state index contributed by atoms with van der Waals surface area (Å²) in [4.78, 5) is 31.3. The fourth-order valence-corrected chi connectivity index (χ4v) is 3.62. The molecule has 1 unspecified atom stereocenters. The molecule has 0 aliphatic carbocycles. The van der Waals surface area contributed by atoms with Crippen LogP contribution < -0.4 is 10.2 Å². The van der Waals surface area contributed by atoms with Crippen molar-refractivity contribution in [1.29, 1.82) is 0 Å². The van der Waals surface area contributed by atoms with Crippen molar-refractivity contribution in [2.45, 2.75) is 32.7 Å². The molecule has 2 aromatic heterocycles. The molecule has 0 spiro atoms. The summed E-state index contributed by atoms with van der Waals surface area (Å²) in [7, 11) is 0. The van der Waals surface area contributed by atoms with Crippen molar-refractivity contribution in [1.82, 2.24) is 20.1 Å². The molecule has 1 saturated heterocycles. The first-order valence-electron chi connectivity index (χ1n) is 10.1. The topological polar surface area (TPSA) is 80.1 Å². The molecule has 2 amide bonds. The minimum absolute atomic E-state index is 0.0130. The SMILES string of the molecule is CC(C)c1cccc(N2CC(C(=O)NCc3ccnc(-n4cccn4)c3)CC2=O)c1. The number of benzene rings is 1. The van der Waals surface area contributed by atoms with Gasteiger partial charge in [-0.25, -0.2) is 9.67 Å². The number of rotatable bonds is 6. The molecule has 0 bridgehead atoms. The summed E-state index contributed by atoms with van der Waals surface area (Å²) in [6.07, 6.45) is 5.43. The van der Waals surface area contributed by atoms with Gasteiger partial charge in [0, 0.05) is 43.8 Å². The van der Waals surface area contributed by atoms with E-state index in [1.54, 1.807) is 22.0 Å². The molecule has 7 nitrogen and oxygen atoms in total. The van der Waals surface area contributed by atoms with Crippen LogP contribution in [0.5, 0.6) is 0 Å². The third-order valence-electron chi connectivity index (χ3n) is 5.36. The van der Waals surface area contributed by atoms with E-state index in [0.29, 0.717) is 24.8 Å². The van der Waals surface area contributed by atoms with E-state index in [9.17, 15) is 9.59 Å². The van der Waals surface area contributed by atoms with E-state index in [-0.39, 0.29) is 24.2 Å². The highest BCUT2D eigenvalue weighted by Gasteiger charge is 2.35. The molecule has 1 aromatic carbocycles. The highest BCUT2D eigenvalue weighted by atomic mass is 16.2. The Hall–Kier alpha value is -3.48. The van der Waals surface area contributed by atoms with E-state index < -0.39 is 0 Å². The molecule has 1 atom stereocenters. The smallest absolute Gasteiger partial charge is 0.227 e. The van der Waals surface area contributed by atoms with E-state index in [1.165, 1.54) is 5.56 Å². The first kappa shape index (κ1) is 19.8. The second kappa shape index (κ2) is 8.49. The van der Waals surface area contributed by atoms with E-state index >= 15 is 0 Å². The lowest BCUT2D eigenvalue weighted by molar-refractivity contribution is -0.126. The largest absolute Gasteiger partial charge is 0.352 e. The maximum atomic E-state index is 12.7. The molecule has 4 rings (SSSR count). The third-order valence-corrected chi connectivity index (χ3v) is 5.36. The summed E-state index contributed by atoms with van der Waals surface area (Å²) in [6, 6.07) is 13.6. The summed E-state index contributed by atoms with van der Waals surface area (Å²) < 4.78 is 1.67.